The van der Waals surface area contributed by atoms with E-state index >= 15 is 0 Å². The largest absolute Gasteiger partial charge is 0.309 e. The maximum Gasteiger partial charge on any atom is 0.0619 e. The summed E-state index contributed by atoms with van der Waals surface area (Å²) in [6.07, 6.45) is 0. The summed E-state index contributed by atoms with van der Waals surface area (Å²) in [6, 6.07) is 58.3. The number of benzene rings is 8. The summed E-state index contributed by atoms with van der Waals surface area (Å²) in [6.45, 7) is 0. The molecule has 0 saturated carbocycles. The second kappa shape index (κ2) is 8.74. The van der Waals surface area contributed by atoms with Crippen LogP contribution in [0.25, 0.3) is 98.8 Å². The molecule has 0 atom stereocenters. The van der Waals surface area contributed by atoms with E-state index in [9.17, 15) is 0 Å². The zero-order chi connectivity index (χ0) is 29.9. The van der Waals surface area contributed by atoms with Crippen molar-refractivity contribution < 1.29 is 0 Å². The van der Waals surface area contributed by atoms with Gasteiger partial charge in [0.15, 0.2) is 0 Å². The fraction of sp³-hybridized carbons (Fsp3) is 0. The van der Waals surface area contributed by atoms with E-state index in [1.807, 2.05) is 0 Å². The van der Waals surface area contributed by atoms with E-state index in [-0.39, 0.29) is 0 Å². The molecule has 1 aliphatic carbocycles. The lowest BCUT2D eigenvalue weighted by molar-refractivity contribution is 1.17. The highest BCUT2D eigenvalue weighted by Gasteiger charge is 2.23. The Morgan fingerprint density at radius 3 is 1.78 bits per heavy atom. The van der Waals surface area contributed by atoms with Gasteiger partial charge in [0.05, 0.1) is 22.1 Å². The van der Waals surface area contributed by atoms with Gasteiger partial charge in [-0.05, 0) is 80.9 Å². The molecular weight excluding hydrogens is 556 g/mol. The maximum atomic E-state index is 2.47. The third-order valence-electron chi connectivity index (χ3n) is 10.2. The minimum atomic E-state index is 1.17. The molecule has 10 aromatic rings. The van der Waals surface area contributed by atoms with E-state index in [0.717, 1.165) is 0 Å². The summed E-state index contributed by atoms with van der Waals surface area (Å²) >= 11 is 0. The molecule has 0 fully saturated rings. The number of fused-ring (bicyclic) bond motifs is 11. The minimum absolute atomic E-state index is 1.17. The molecule has 0 unspecified atom stereocenters. The average Bonchev–Trinajstić information content (AvgIpc) is 3.75. The van der Waals surface area contributed by atoms with Crippen molar-refractivity contribution in [2.75, 3.05) is 0 Å². The van der Waals surface area contributed by atoms with Gasteiger partial charge in [-0.2, -0.15) is 0 Å². The highest BCUT2D eigenvalue weighted by atomic mass is 15.0. The molecule has 0 N–H and O–H groups in total. The molecule has 8 aromatic carbocycles. The summed E-state index contributed by atoms with van der Waals surface area (Å²) in [7, 11) is 0. The summed E-state index contributed by atoms with van der Waals surface area (Å²) in [5, 5.41) is 10.2. The van der Waals surface area contributed by atoms with Gasteiger partial charge < -0.3 is 9.13 Å². The van der Waals surface area contributed by atoms with E-state index < -0.39 is 0 Å². The Balaban J connectivity index is 1.22. The number of aromatic nitrogens is 2. The van der Waals surface area contributed by atoms with Crippen LogP contribution in [0.5, 0.6) is 0 Å². The van der Waals surface area contributed by atoms with Gasteiger partial charge in [-0.3, -0.25) is 0 Å². The first-order valence-corrected chi connectivity index (χ1v) is 15.9. The zero-order valence-electron chi connectivity index (χ0n) is 24.9. The van der Waals surface area contributed by atoms with E-state index in [2.05, 4.69) is 167 Å². The van der Waals surface area contributed by atoms with Crippen molar-refractivity contribution in [3.05, 3.63) is 158 Å². The van der Waals surface area contributed by atoms with Crippen molar-refractivity contribution >= 4 is 65.2 Å². The number of rotatable bonds is 2. The molecule has 1 aliphatic rings. The molecule has 11 rings (SSSR count). The second-order valence-electron chi connectivity index (χ2n) is 12.5. The second-order valence-corrected chi connectivity index (χ2v) is 12.5. The van der Waals surface area contributed by atoms with Crippen LogP contribution in [0.4, 0.5) is 0 Å². The third kappa shape index (κ3) is 3.05. The fourth-order valence-electron chi connectivity index (χ4n) is 8.31. The van der Waals surface area contributed by atoms with Crippen LogP contribution < -0.4 is 0 Å². The molecule has 2 heterocycles. The van der Waals surface area contributed by atoms with Crippen molar-refractivity contribution in [1.29, 1.82) is 0 Å². The lowest BCUT2D eigenvalue weighted by atomic mass is 10.0. The summed E-state index contributed by atoms with van der Waals surface area (Å²) in [5.74, 6) is 0. The number of nitrogens with zero attached hydrogens (tertiary/aromatic N) is 2. The lowest BCUT2D eigenvalue weighted by Gasteiger charge is -2.13. The van der Waals surface area contributed by atoms with Crippen LogP contribution in [0.2, 0.25) is 0 Å². The molecule has 212 valence electrons. The first-order chi connectivity index (χ1) is 22.8. The standard InChI is InChI=1S/C44H26N2/c1-2-12-31-27(10-1)20-22-37-34-15-5-8-19-41(34)46(44(31)37)29-21-23-42-38(25-29)35-16-6-7-18-40(35)45(42)30-24-28-11-9-17-36-32-13-3-4-14-33(32)39(26-30)43(28)36/h1-26H. The topological polar surface area (TPSA) is 9.86 Å². The van der Waals surface area contributed by atoms with Gasteiger partial charge in [0.1, 0.15) is 0 Å². The molecule has 0 saturated heterocycles. The molecule has 2 nitrogen and oxygen atoms in total. The van der Waals surface area contributed by atoms with Gasteiger partial charge in [-0.15, -0.1) is 0 Å². The normalized spacial score (nSPS) is 12.3. The van der Waals surface area contributed by atoms with Crippen LogP contribution in [-0.4, -0.2) is 9.13 Å². The van der Waals surface area contributed by atoms with Gasteiger partial charge in [0, 0.05) is 38.3 Å². The molecule has 0 bridgehead atoms. The minimum Gasteiger partial charge on any atom is -0.309 e. The highest BCUT2D eigenvalue weighted by molar-refractivity contribution is 6.20. The Hall–Kier alpha value is -6.12. The van der Waals surface area contributed by atoms with Gasteiger partial charge >= 0.3 is 0 Å². The monoisotopic (exact) mass is 582 g/mol. The van der Waals surface area contributed by atoms with Crippen molar-refractivity contribution in [3.8, 4) is 33.6 Å². The van der Waals surface area contributed by atoms with Gasteiger partial charge in [-0.25, -0.2) is 0 Å². The van der Waals surface area contributed by atoms with Crippen molar-refractivity contribution in [3.63, 3.8) is 0 Å². The average molecular weight is 583 g/mol. The van der Waals surface area contributed by atoms with Crippen LogP contribution in [0, 0.1) is 0 Å². The van der Waals surface area contributed by atoms with Gasteiger partial charge in [0.2, 0.25) is 0 Å². The zero-order valence-corrected chi connectivity index (χ0v) is 24.9. The third-order valence-corrected chi connectivity index (χ3v) is 10.2. The predicted octanol–water partition coefficient (Wildman–Crippen LogP) is 11.8. The molecule has 0 amide bonds. The SMILES string of the molecule is c1ccc2c(c1)-c1cccc3cc(-n4c5ccccc5c5cc(-n6c7ccccc7c7ccc8ccccc8c76)ccc54)cc-2c13. The Morgan fingerprint density at radius 2 is 0.935 bits per heavy atom. The quantitative estimate of drug-likeness (QED) is 0.192. The summed E-state index contributed by atoms with van der Waals surface area (Å²) < 4.78 is 4.92. The smallest absolute Gasteiger partial charge is 0.0619 e. The molecule has 2 heteroatoms. The number of para-hydroxylation sites is 2. The molecular formula is C44H26N2. The van der Waals surface area contributed by atoms with Gasteiger partial charge in [-0.1, -0.05) is 115 Å². The first kappa shape index (κ1) is 24.2. The Kier molecular flexibility index (Phi) is 4.61. The lowest BCUT2D eigenvalue weighted by Crippen LogP contribution is -1.96. The summed E-state index contributed by atoms with van der Waals surface area (Å²) in [4.78, 5) is 0. The van der Waals surface area contributed by atoms with Crippen LogP contribution >= 0.6 is 0 Å². The van der Waals surface area contributed by atoms with Crippen molar-refractivity contribution in [2.45, 2.75) is 0 Å². The molecule has 46 heavy (non-hydrogen) atoms. The highest BCUT2D eigenvalue weighted by Crippen LogP contribution is 2.48. The Morgan fingerprint density at radius 1 is 0.304 bits per heavy atom. The predicted molar refractivity (Wildman–Crippen MR) is 195 cm³/mol. The Bertz CT molecular complexity index is 2920. The van der Waals surface area contributed by atoms with E-state index in [1.165, 1.54) is 98.8 Å². The number of hydrogen-bond acceptors (Lipinski definition) is 0. The molecule has 2 aromatic heterocycles. The van der Waals surface area contributed by atoms with Crippen LogP contribution in [-0.2, 0) is 0 Å². The molecule has 0 spiro atoms. The van der Waals surface area contributed by atoms with E-state index in [0.29, 0.717) is 0 Å². The van der Waals surface area contributed by atoms with Crippen molar-refractivity contribution in [1.82, 2.24) is 9.13 Å². The van der Waals surface area contributed by atoms with E-state index in [4.69, 9.17) is 0 Å². The first-order valence-electron chi connectivity index (χ1n) is 15.9. The van der Waals surface area contributed by atoms with Crippen molar-refractivity contribution in [2.24, 2.45) is 0 Å². The summed E-state index contributed by atoms with van der Waals surface area (Å²) in [5.41, 5.74) is 12.6. The Labute approximate surface area is 265 Å². The fourth-order valence-corrected chi connectivity index (χ4v) is 8.31. The van der Waals surface area contributed by atoms with Crippen LogP contribution in [0.3, 0.4) is 0 Å². The molecule has 0 aliphatic heterocycles. The van der Waals surface area contributed by atoms with Crippen LogP contribution in [0.1, 0.15) is 0 Å². The molecule has 0 radical (unpaired) electrons. The van der Waals surface area contributed by atoms with Crippen LogP contribution in [0.15, 0.2) is 158 Å². The number of hydrogen-bond donors (Lipinski definition) is 0. The van der Waals surface area contributed by atoms with Gasteiger partial charge in [0.25, 0.3) is 0 Å². The maximum absolute atomic E-state index is 2.47. The van der Waals surface area contributed by atoms with E-state index in [1.54, 1.807) is 0 Å².